The van der Waals surface area contributed by atoms with Crippen LogP contribution in [-0.2, 0) is 20.8 Å². The second kappa shape index (κ2) is 10.6. The predicted octanol–water partition coefficient (Wildman–Crippen LogP) is 3.26. The Labute approximate surface area is 207 Å². The molecule has 1 amide bonds. The lowest BCUT2D eigenvalue weighted by molar-refractivity contribution is -0.115. The van der Waals surface area contributed by atoms with Crippen molar-refractivity contribution in [1.82, 2.24) is 19.3 Å². The van der Waals surface area contributed by atoms with E-state index in [-0.39, 0.29) is 23.6 Å². The van der Waals surface area contributed by atoms with Crippen molar-refractivity contribution in [3.63, 3.8) is 0 Å². The third kappa shape index (κ3) is 5.40. The Kier molecular flexibility index (Phi) is 7.56. The van der Waals surface area contributed by atoms with Gasteiger partial charge < -0.3 is 14.8 Å². The lowest BCUT2D eigenvalue weighted by atomic mass is 10.1. The van der Waals surface area contributed by atoms with Gasteiger partial charge in [0.1, 0.15) is 5.82 Å². The maximum Gasteiger partial charge on any atom is 0.337 e. The number of thioether (sulfide) groups is 1. The third-order valence-electron chi connectivity index (χ3n) is 5.81. The van der Waals surface area contributed by atoms with Gasteiger partial charge in [-0.3, -0.25) is 14.2 Å². The maximum atomic E-state index is 13.4. The molecule has 0 unspecified atom stereocenters. The number of carbonyl (C=O) groups is 2. The number of nitrogens with one attached hydrogen (secondary N) is 1. The van der Waals surface area contributed by atoms with Gasteiger partial charge in [0, 0.05) is 18.7 Å². The zero-order valence-corrected chi connectivity index (χ0v) is 21.0. The van der Waals surface area contributed by atoms with Crippen molar-refractivity contribution in [2.75, 3.05) is 19.0 Å². The molecule has 0 spiro atoms. The fraction of sp³-hybridized carbons (Fsp3) is 0.458. The van der Waals surface area contributed by atoms with Crippen molar-refractivity contribution >= 4 is 40.4 Å². The van der Waals surface area contributed by atoms with Crippen LogP contribution in [0.5, 0.6) is 0 Å². The van der Waals surface area contributed by atoms with Gasteiger partial charge in [0.15, 0.2) is 5.16 Å². The van der Waals surface area contributed by atoms with E-state index in [0.29, 0.717) is 40.6 Å². The number of carbonyl (C=O) groups excluding carboxylic acids is 2. The molecule has 10 nitrogen and oxygen atoms in total. The molecule has 2 aromatic heterocycles. The normalized spacial score (nSPS) is 16.5. The number of hydrogen-bond donors (Lipinski definition) is 1. The Morgan fingerprint density at radius 3 is 2.77 bits per heavy atom. The predicted molar refractivity (Wildman–Crippen MR) is 133 cm³/mol. The quantitative estimate of drug-likeness (QED) is 0.285. The lowest BCUT2D eigenvalue weighted by Crippen LogP contribution is -2.30. The molecule has 11 heteroatoms. The van der Waals surface area contributed by atoms with Crippen molar-refractivity contribution in [3.8, 4) is 0 Å². The molecule has 3 aromatic rings. The Morgan fingerprint density at radius 1 is 1.29 bits per heavy atom. The fourth-order valence-electron chi connectivity index (χ4n) is 3.95. The van der Waals surface area contributed by atoms with Crippen molar-refractivity contribution in [1.29, 1.82) is 0 Å². The molecule has 4 rings (SSSR count). The van der Waals surface area contributed by atoms with E-state index in [2.05, 4.69) is 15.4 Å². The zero-order chi connectivity index (χ0) is 25.1. The molecule has 1 aliphatic heterocycles. The first-order valence-electron chi connectivity index (χ1n) is 11.5. The lowest BCUT2D eigenvalue weighted by Gasteiger charge is -2.19. The molecule has 0 saturated carbocycles. The maximum absolute atomic E-state index is 13.4. The van der Waals surface area contributed by atoms with E-state index in [9.17, 15) is 14.4 Å². The Morgan fingerprint density at radius 2 is 2.09 bits per heavy atom. The minimum Gasteiger partial charge on any atom is -0.465 e. The van der Waals surface area contributed by atoms with Gasteiger partial charge in [-0.2, -0.15) is 5.10 Å². The van der Waals surface area contributed by atoms with E-state index in [0.717, 1.165) is 12.8 Å². The van der Waals surface area contributed by atoms with Crippen molar-refractivity contribution in [3.05, 3.63) is 46.4 Å². The number of hydrogen-bond acceptors (Lipinski definition) is 8. The van der Waals surface area contributed by atoms with Crippen LogP contribution in [0, 0.1) is 0 Å². The number of fused-ring (bicyclic) bond motifs is 1. The highest BCUT2D eigenvalue weighted by Gasteiger charge is 2.24. The number of aromatic nitrogens is 4. The van der Waals surface area contributed by atoms with Gasteiger partial charge in [-0.05, 0) is 51.8 Å². The first-order chi connectivity index (χ1) is 16.8. The molecule has 1 aromatic carbocycles. The summed E-state index contributed by atoms with van der Waals surface area (Å²) < 4.78 is 13.9. The molecule has 1 aliphatic rings. The van der Waals surface area contributed by atoms with Crippen molar-refractivity contribution < 1.29 is 19.1 Å². The molecule has 0 bridgehead atoms. The molecular formula is C24H29N5O5S. The molecule has 1 N–H and O–H groups in total. The molecule has 1 fully saturated rings. The van der Waals surface area contributed by atoms with Crippen LogP contribution in [0.4, 0.5) is 5.82 Å². The topological polar surface area (TPSA) is 117 Å². The van der Waals surface area contributed by atoms with Crippen LogP contribution in [-0.4, -0.2) is 56.3 Å². The average molecular weight is 500 g/mol. The molecule has 3 heterocycles. The molecule has 186 valence electrons. The third-order valence-corrected chi connectivity index (χ3v) is 6.90. The zero-order valence-electron chi connectivity index (χ0n) is 20.2. The van der Waals surface area contributed by atoms with Crippen molar-refractivity contribution in [2.24, 2.45) is 0 Å². The highest BCUT2D eigenvalue weighted by Crippen LogP contribution is 2.26. The number of nitrogens with zero attached hydrogens (tertiary/aromatic N) is 4. The van der Waals surface area contributed by atoms with Crippen LogP contribution in [0.2, 0.25) is 0 Å². The number of methoxy groups -OCH3 is 1. The number of ether oxygens (including phenoxy) is 2. The summed E-state index contributed by atoms with van der Waals surface area (Å²) in [6, 6.07) is 6.50. The van der Waals surface area contributed by atoms with Gasteiger partial charge in [-0.15, -0.1) is 0 Å². The average Bonchev–Trinajstić information content (AvgIpc) is 3.52. The van der Waals surface area contributed by atoms with Crippen LogP contribution in [0.3, 0.4) is 0 Å². The number of anilines is 1. The molecule has 2 atom stereocenters. The van der Waals surface area contributed by atoms with Crippen LogP contribution in [0.1, 0.15) is 50.0 Å². The second-order valence-corrected chi connectivity index (χ2v) is 9.98. The first kappa shape index (κ1) is 24.9. The molecule has 35 heavy (non-hydrogen) atoms. The molecular weight excluding hydrogens is 470 g/mol. The Hall–Kier alpha value is -3.18. The van der Waals surface area contributed by atoms with Crippen LogP contribution in [0.15, 0.2) is 40.4 Å². The number of amides is 1. The minimum absolute atomic E-state index is 0.0889. The van der Waals surface area contributed by atoms with Crippen LogP contribution >= 0.6 is 11.8 Å². The molecule has 0 radical (unpaired) electrons. The van der Waals surface area contributed by atoms with Gasteiger partial charge >= 0.3 is 5.97 Å². The monoisotopic (exact) mass is 499 g/mol. The number of esters is 1. The van der Waals surface area contributed by atoms with E-state index in [4.69, 9.17) is 9.47 Å². The molecule has 1 saturated heterocycles. The SMILES string of the molecule is COC(=O)c1ccc2c(=O)n(C[C@H]3CCCO3)c(S[C@H](C)C(=O)Nc3ccnn3C(C)C)nc2c1. The summed E-state index contributed by atoms with van der Waals surface area (Å²) in [4.78, 5) is 43.1. The highest BCUT2D eigenvalue weighted by atomic mass is 32.2. The summed E-state index contributed by atoms with van der Waals surface area (Å²) in [5.74, 6) is -0.150. The van der Waals surface area contributed by atoms with Gasteiger partial charge in [-0.1, -0.05) is 11.8 Å². The van der Waals surface area contributed by atoms with Gasteiger partial charge in [0.05, 0.1) is 47.7 Å². The van der Waals surface area contributed by atoms with Crippen LogP contribution < -0.4 is 10.9 Å². The fourth-order valence-corrected chi connectivity index (χ4v) is 4.87. The second-order valence-electron chi connectivity index (χ2n) is 8.67. The Balaban J connectivity index is 1.67. The summed E-state index contributed by atoms with van der Waals surface area (Å²) in [7, 11) is 1.30. The molecule has 0 aliphatic carbocycles. The van der Waals surface area contributed by atoms with Crippen molar-refractivity contribution in [2.45, 2.75) is 62.7 Å². The summed E-state index contributed by atoms with van der Waals surface area (Å²) in [5, 5.41) is 7.37. The first-order valence-corrected chi connectivity index (χ1v) is 12.4. The summed E-state index contributed by atoms with van der Waals surface area (Å²) >= 11 is 1.19. The van der Waals surface area contributed by atoms with E-state index < -0.39 is 11.2 Å². The van der Waals surface area contributed by atoms with Gasteiger partial charge in [0.25, 0.3) is 5.56 Å². The number of rotatable bonds is 8. The van der Waals surface area contributed by atoms with Crippen LogP contribution in [0.25, 0.3) is 10.9 Å². The highest BCUT2D eigenvalue weighted by molar-refractivity contribution is 8.00. The van der Waals surface area contributed by atoms with E-state index in [1.54, 1.807) is 40.6 Å². The summed E-state index contributed by atoms with van der Waals surface area (Å²) in [6.45, 7) is 6.72. The van der Waals surface area contributed by atoms with Gasteiger partial charge in [0.2, 0.25) is 5.91 Å². The van der Waals surface area contributed by atoms with Gasteiger partial charge in [-0.25, -0.2) is 14.5 Å². The Bertz CT molecular complexity index is 1300. The number of benzene rings is 1. The van der Waals surface area contributed by atoms with E-state index in [1.165, 1.54) is 24.9 Å². The van der Waals surface area contributed by atoms with E-state index in [1.807, 2.05) is 13.8 Å². The largest absolute Gasteiger partial charge is 0.465 e. The summed E-state index contributed by atoms with van der Waals surface area (Å²) in [6.07, 6.45) is 3.33. The standard InChI is InChI=1S/C24H29N5O5S/c1-14(2)29-20(9-10-25-29)27-21(30)15(3)35-24-26-19-12-16(23(32)33-4)7-8-18(19)22(31)28(24)13-17-6-5-11-34-17/h7-10,12,14-15,17H,5-6,11,13H2,1-4H3,(H,27,30)/t15-,17-/m1/s1. The minimum atomic E-state index is -0.561. The summed E-state index contributed by atoms with van der Waals surface area (Å²) in [5.41, 5.74) is 0.428. The van der Waals surface area contributed by atoms with E-state index >= 15 is 0 Å². The smallest absolute Gasteiger partial charge is 0.337 e.